The molecule has 0 saturated carbocycles. The van der Waals surface area contributed by atoms with Crippen molar-refractivity contribution in [2.24, 2.45) is 0 Å². The highest BCUT2D eigenvalue weighted by molar-refractivity contribution is 6.31. The second-order valence-electron chi connectivity index (χ2n) is 8.11. The maximum atomic E-state index is 14.2. The molecule has 0 bridgehead atoms. The van der Waals surface area contributed by atoms with Gasteiger partial charge in [-0.15, -0.1) is 0 Å². The fourth-order valence-corrected chi connectivity index (χ4v) is 3.81. The van der Waals surface area contributed by atoms with Crippen molar-refractivity contribution < 1.29 is 18.4 Å². The summed E-state index contributed by atoms with van der Waals surface area (Å²) >= 11 is 6.13. The standard InChI is InChI=1S/C25H24ClFN4O3/c1-14-8-9-22(15(2)10-14)33-13-19-17(4)34-30-24(19)25(32)28-23-11-16(3)31(29-23)12-18-20(26)6-5-7-21(18)27/h5-11H,12-13H2,1-4H3,(H,28,29,32). The Morgan fingerprint density at radius 1 is 1.15 bits per heavy atom. The van der Waals surface area contributed by atoms with Gasteiger partial charge in [0, 0.05) is 22.3 Å². The molecule has 34 heavy (non-hydrogen) atoms. The Kier molecular flexibility index (Phi) is 6.70. The molecule has 0 spiro atoms. The number of carbonyl (C=O) groups is 1. The lowest BCUT2D eigenvalue weighted by Gasteiger charge is -2.10. The summed E-state index contributed by atoms with van der Waals surface area (Å²) in [5.41, 5.74) is 3.85. The molecule has 2 aromatic carbocycles. The maximum absolute atomic E-state index is 14.2. The third kappa shape index (κ3) is 4.97. The van der Waals surface area contributed by atoms with Gasteiger partial charge in [-0.3, -0.25) is 9.48 Å². The van der Waals surface area contributed by atoms with Crippen LogP contribution >= 0.6 is 11.6 Å². The van der Waals surface area contributed by atoms with E-state index in [1.807, 2.05) is 32.0 Å². The first kappa shape index (κ1) is 23.5. The highest BCUT2D eigenvalue weighted by atomic mass is 35.5. The van der Waals surface area contributed by atoms with Gasteiger partial charge in [0.25, 0.3) is 5.91 Å². The average molecular weight is 483 g/mol. The Morgan fingerprint density at radius 2 is 1.94 bits per heavy atom. The normalized spacial score (nSPS) is 11.0. The summed E-state index contributed by atoms with van der Waals surface area (Å²) in [6.07, 6.45) is 0. The van der Waals surface area contributed by atoms with Crippen LogP contribution in [0, 0.1) is 33.5 Å². The quantitative estimate of drug-likeness (QED) is 0.361. The molecule has 0 atom stereocenters. The van der Waals surface area contributed by atoms with Crippen molar-refractivity contribution in [3.05, 3.63) is 92.7 Å². The summed E-state index contributed by atoms with van der Waals surface area (Å²) in [7, 11) is 0. The number of hydrogen-bond acceptors (Lipinski definition) is 5. The number of ether oxygens (including phenoxy) is 1. The van der Waals surface area contributed by atoms with E-state index in [1.165, 1.54) is 6.07 Å². The van der Waals surface area contributed by atoms with E-state index in [4.69, 9.17) is 20.9 Å². The number of aryl methyl sites for hydroxylation is 4. The molecule has 1 amide bonds. The fourth-order valence-electron chi connectivity index (χ4n) is 3.59. The largest absolute Gasteiger partial charge is 0.488 e. The van der Waals surface area contributed by atoms with Crippen LogP contribution in [0.2, 0.25) is 5.02 Å². The van der Waals surface area contributed by atoms with Gasteiger partial charge in [0.15, 0.2) is 11.5 Å². The van der Waals surface area contributed by atoms with Crippen LogP contribution in [0.15, 0.2) is 47.0 Å². The SMILES string of the molecule is Cc1ccc(OCc2c(C(=O)Nc3cc(C)n(Cc4c(F)cccc4Cl)n3)noc2C)c(C)c1. The fraction of sp³-hybridized carbons (Fsp3) is 0.240. The Bertz CT molecular complexity index is 1340. The molecule has 4 aromatic rings. The molecule has 2 aromatic heterocycles. The third-order valence-corrected chi connectivity index (χ3v) is 5.85. The highest BCUT2D eigenvalue weighted by Gasteiger charge is 2.22. The Hall–Kier alpha value is -3.65. The number of rotatable bonds is 7. The van der Waals surface area contributed by atoms with Crippen molar-refractivity contribution in [3.63, 3.8) is 0 Å². The van der Waals surface area contributed by atoms with Crippen molar-refractivity contribution in [3.8, 4) is 5.75 Å². The van der Waals surface area contributed by atoms with Crippen LogP contribution < -0.4 is 10.1 Å². The third-order valence-electron chi connectivity index (χ3n) is 5.49. The first-order chi connectivity index (χ1) is 16.2. The van der Waals surface area contributed by atoms with Gasteiger partial charge in [0.05, 0.1) is 12.1 Å². The van der Waals surface area contributed by atoms with E-state index < -0.39 is 11.7 Å². The Morgan fingerprint density at radius 3 is 2.68 bits per heavy atom. The summed E-state index contributed by atoms with van der Waals surface area (Å²) in [4.78, 5) is 12.9. The van der Waals surface area contributed by atoms with Crippen LogP contribution in [0.4, 0.5) is 10.2 Å². The number of carbonyl (C=O) groups excluding carboxylic acids is 1. The topological polar surface area (TPSA) is 82.2 Å². The number of hydrogen-bond donors (Lipinski definition) is 1. The number of benzene rings is 2. The molecular weight excluding hydrogens is 459 g/mol. The molecule has 1 N–H and O–H groups in total. The molecule has 0 unspecified atom stereocenters. The molecule has 9 heteroatoms. The van der Waals surface area contributed by atoms with E-state index in [9.17, 15) is 9.18 Å². The zero-order valence-corrected chi connectivity index (χ0v) is 20.0. The van der Waals surface area contributed by atoms with Crippen molar-refractivity contribution in [1.29, 1.82) is 0 Å². The first-order valence-electron chi connectivity index (χ1n) is 10.7. The minimum atomic E-state index is -0.482. The number of aromatic nitrogens is 3. The molecule has 7 nitrogen and oxygen atoms in total. The summed E-state index contributed by atoms with van der Waals surface area (Å²) in [6, 6.07) is 12.1. The predicted molar refractivity (Wildman–Crippen MR) is 127 cm³/mol. The molecule has 2 heterocycles. The zero-order valence-electron chi connectivity index (χ0n) is 19.3. The van der Waals surface area contributed by atoms with Crippen molar-refractivity contribution in [2.75, 3.05) is 5.32 Å². The summed E-state index contributed by atoms with van der Waals surface area (Å²) < 4.78 is 26.9. The maximum Gasteiger partial charge on any atom is 0.279 e. The number of amides is 1. The van der Waals surface area contributed by atoms with Crippen molar-refractivity contribution in [2.45, 2.75) is 40.8 Å². The van der Waals surface area contributed by atoms with E-state index in [2.05, 4.69) is 15.6 Å². The van der Waals surface area contributed by atoms with Crippen LogP contribution in [0.3, 0.4) is 0 Å². The second kappa shape index (κ2) is 9.69. The average Bonchev–Trinajstić information content (AvgIpc) is 3.31. The monoisotopic (exact) mass is 482 g/mol. The van der Waals surface area contributed by atoms with Gasteiger partial charge < -0.3 is 14.6 Å². The van der Waals surface area contributed by atoms with Gasteiger partial charge in [-0.1, -0.05) is 40.5 Å². The van der Waals surface area contributed by atoms with Gasteiger partial charge in [-0.05, 0) is 51.5 Å². The summed E-state index contributed by atoms with van der Waals surface area (Å²) in [5.74, 6) is 0.616. The van der Waals surface area contributed by atoms with Gasteiger partial charge >= 0.3 is 0 Å². The lowest BCUT2D eigenvalue weighted by Crippen LogP contribution is -2.16. The van der Waals surface area contributed by atoms with Gasteiger partial charge in [-0.2, -0.15) is 5.10 Å². The van der Waals surface area contributed by atoms with E-state index in [0.29, 0.717) is 27.7 Å². The molecular formula is C25H24ClFN4O3. The predicted octanol–water partition coefficient (Wildman–Crippen LogP) is 5.78. The molecule has 0 aliphatic heterocycles. The number of anilines is 1. The molecule has 0 aliphatic rings. The number of nitrogens with one attached hydrogen (secondary N) is 1. The van der Waals surface area contributed by atoms with Crippen LogP contribution in [0.1, 0.15) is 44.2 Å². The minimum absolute atomic E-state index is 0.117. The van der Waals surface area contributed by atoms with E-state index in [1.54, 1.807) is 36.7 Å². The molecule has 176 valence electrons. The highest BCUT2D eigenvalue weighted by Crippen LogP contribution is 2.24. The van der Waals surface area contributed by atoms with E-state index >= 15 is 0 Å². The van der Waals surface area contributed by atoms with Crippen LogP contribution in [0.25, 0.3) is 0 Å². The first-order valence-corrected chi connectivity index (χ1v) is 11.0. The van der Waals surface area contributed by atoms with Crippen molar-refractivity contribution in [1.82, 2.24) is 14.9 Å². The number of nitrogens with zero attached hydrogens (tertiary/aromatic N) is 3. The van der Waals surface area contributed by atoms with Gasteiger partial charge in [0.1, 0.15) is 23.9 Å². The van der Waals surface area contributed by atoms with Gasteiger partial charge in [0.2, 0.25) is 0 Å². The van der Waals surface area contributed by atoms with Crippen LogP contribution in [0.5, 0.6) is 5.75 Å². The van der Waals surface area contributed by atoms with Gasteiger partial charge in [-0.25, -0.2) is 4.39 Å². The zero-order chi connectivity index (χ0) is 24.4. The molecule has 0 fully saturated rings. The second-order valence-corrected chi connectivity index (χ2v) is 8.51. The molecule has 0 radical (unpaired) electrons. The van der Waals surface area contributed by atoms with Crippen LogP contribution in [-0.4, -0.2) is 20.8 Å². The minimum Gasteiger partial charge on any atom is -0.488 e. The molecule has 0 saturated heterocycles. The lowest BCUT2D eigenvalue weighted by molar-refractivity contribution is 0.101. The number of halogens is 2. The van der Waals surface area contributed by atoms with E-state index in [-0.39, 0.29) is 18.8 Å². The summed E-state index contributed by atoms with van der Waals surface area (Å²) in [6.45, 7) is 7.76. The Labute approximate surface area is 201 Å². The lowest BCUT2D eigenvalue weighted by atomic mass is 10.1. The smallest absolute Gasteiger partial charge is 0.279 e. The van der Waals surface area contributed by atoms with Crippen LogP contribution in [-0.2, 0) is 13.2 Å². The Balaban J connectivity index is 1.49. The molecule has 4 rings (SSSR count). The van der Waals surface area contributed by atoms with Crippen molar-refractivity contribution >= 4 is 23.3 Å². The summed E-state index contributed by atoms with van der Waals surface area (Å²) in [5, 5.41) is 11.3. The molecule has 0 aliphatic carbocycles. The van der Waals surface area contributed by atoms with E-state index in [0.717, 1.165) is 22.6 Å².